The Balaban J connectivity index is 2.27. The van der Waals surface area contributed by atoms with Gasteiger partial charge in [-0.05, 0) is 44.7 Å². The van der Waals surface area contributed by atoms with Gasteiger partial charge in [0.05, 0.1) is 0 Å². The molecule has 108 valence electrons. The summed E-state index contributed by atoms with van der Waals surface area (Å²) < 4.78 is 0. The zero-order valence-electron chi connectivity index (χ0n) is 13.2. The Labute approximate surface area is 115 Å². The van der Waals surface area contributed by atoms with E-state index in [9.17, 15) is 0 Å². The zero-order valence-corrected chi connectivity index (χ0v) is 13.2. The van der Waals surface area contributed by atoms with E-state index in [-0.39, 0.29) is 0 Å². The largest absolute Gasteiger partial charge is 0.314 e. The third-order valence-electron chi connectivity index (χ3n) is 4.43. The van der Waals surface area contributed by atoms with E-state index >= 15 is 0 Å². The molecule has 1 heterocycles. The lowest BCUT2D eigenvalue weighted by atomic mass is 9.92. The van der Waals surface area contributed by atoms with Crippen LogP contribution >= 0.6 is 0 Å². The van der Waals surface area contributed by atoms with E-state index in [1.165, 1.54) is 38.8 Å². The van der Waals surface area contributed by atoms with Crippen molar-refractivity contribution in [2.75, 3.05) is 19.6 Å². The molecule has 0 bridgehead atoms. The molecule has 0 aliphatic carbocycles. The fraction of sp³-hybridized carbons (Fsp3) is 1.00. The Morgan fingerprint density at radius 3 is 2.50 bits per heavy atom. The first kappa shape index (κ1) is 16.0. The molecule has 0 aromatic heterocycles. The van der Waals surface area contributed by atoms with Crippen LogP contribution in [0.1, 0.15) is 60.3 Å². The van der Waals surface area contributed by atoms with Crippen LogP contribution in [0.3, 0.4) is 0 Å². The molecule has 1 saturated heterocycles. The summed E-state index contributed by atoms with van der Waals surface area (Å²) in [6.45, 7) is 15.4. The van der Waals surface area contributed by atoms with E-state index < -0.39 is 0 Å². The minimum absolute atomic E-state index is 0.745. The predicted octanol–water partition coefficient (Wildman–Crippen LogP) is 3.52. The average Bonchev–Trinajstić information content (AvgIpc) is 2.31. The summed E-state index contributed by atoms with van der Waals surface area (Å²) >= 11 is 0. The molecule has 2 heteroatoms. The standard InChI is InChI=1S/C16H34N2/c1-6-17-16-10-11-18(12-14(16)4)15(5)9-7-8-13(2)3/h13-17H,6-12H2,1-5H3. The molecule has 1 aliphatic rings. The molecular formula is C16H34N2. The highest BCUT2D eigenvalue weighted by atomic mass is 15.2. The zero-order chi connectivity index (χ0) is 13.5. The van der Waals surface area contributed by atoms with Crippen molar-refractivity contribution < 1.29 is 0 Å². The lowest BCUT2D eigenvalue weighted by Crippen LogP contribution is -2.50. The van der Waals surface area contributed by atoms with Crippen molar-refractivity contribution in [2.45, 2.75) is 72.4 Å². The quantitative estimate of drug-likeness (QED) is 0.748. The third-order valence-corrected chi connectivity index (χ3v) is 4.43. The molecule has 3 unspecified atom stereocenters. The Kier molecular flexibility index (Phi) is 7.25. The van der Waals surface area contributed by atoms with Gasteiger partial charge in [0.25, 0.3) is 0 Å². The summed E-state index contributed by atoms with van der Waals surface area (Å²) in [5.74, 6) is 1.65. The molecule has 1 N–H and O–H groups in total. The van der Waals surface area contributed by atoms with Crippen LogP contribution in [0.25, 0.3) is 0 Å². The fourth-order valence-electron chi connectivity index (χ4n) is 3.15. The number of rotatable bonds is 7. The first-order chi connectivity index (χ1) is 8.54. The van der Waals surface area contributed by atoms with E-state index in [1.807, 2.05) is 0 Å². The van der Waals surface area contributed by atoms with Crippen LogP contribution in [0.15, 0.2) is 0 Å². The van der Waals surface area contributed by atoms with E-state index in [4.69, 9.17) is 0 Å². The minimum Gasteiger partial charge on any atom is -0.314 e. The Morgan fingerprint density at radius 2 is 1.94 bits per heavy atom. The molecule has 18 heavy (non-hydrogen) atoms. The first-order valence-corrected chi connectivity index (χ1v) is 8.02. The van der Waals surface area contributed by atoms with Crippen molar-refractivity contribution in [3.8, 4) is 0 Å². The second kappa shape index (κ2) is 8.16. The Hall–Kier alpha value is -0.0800. The lowest BCUT2D eigenvalue weighted by Gasteiger charge is -2.40. The number of hydrogen-bond donors (Lipinski definition) is 1. The molecule has 3 atom stereocenters. The van der Waals surface area contributed by atoms with Gasteiger partial charge < -0.3 is 10.2 Å². The highest BCUT2D eigenvalue weighted by Gasteiger charge is 2.27. The fourth-order valence-corrected chi connectivity index (χ4v) is 3.15. The molecule has 0 saturated carbocycles. The van der Waals surface area contributed by atoms with Crippen molar-refractivity contribution in [3.05, 3.63) is 0 Å². The molecule has 0 aromatic rings. The van der Waals surface area contributed by atoms with Gasteiger partial charge in [0.15, 0.2) is 0 Å². The van der Waals surface area contributed by atoms with E-state index in [1.54, 1.807) is 0 Å². The molecule has 1 fully saturated rings. The van der Waals surface area contributed by atoms with Gasteiger partial charge in [0.2, 0.25) is 0 Å². The molecule has 1 aliphatic heterocycles. The highest BCUT2D eigenvalue weighted by molar-refractivity contribution is 4.84. The highest BCUT2D eigenvalue weighted by Crippen LogP contribution is 2.21. The lowest BCUT2D eigenvalue weighted by molar-refractivity contribution is 0.106. The van der Waals surface area contributed by atoms with E-state index in [0.717, 1.165) is 30.5 Å². The Morgan fingerprint density at radius 1 is 1.22 bits per heavy atom. The van der Waals surface area contributed by atoms with Crippen molar-refractivity contribution in [1.29, 1.82) is 0 Å². The maximum Gasteiger partial charge on any atom is 0.0117 e. The summed E-state index contributed by atoms with van der Waals surface area (Å²) in [5, 5.41) is 3.63. The summed E-state index contributed by atoms with van der Waals surface area (Å²) in [6, 6.07) is 1.52. The number of nitrogens with one attached hydrogen (secondary N) is 1. The summed E-state index contributed by atoms with van der Waals surface area (Å²) in [4.78, 5) is 2.71. The van der Waals surface area contributed by atoms with Crippen molar-refractivity contribution in [3.63, 3.8) is 0 Å². The number of piperidine rings is 1. The summed E-state index contributed by atoms with van der Waals surface area (Å²) in [5.41, 5.74) is 0. The van der Waals surface area contributed by atoms with Gasteiger partial charge in [-0.25, -0.2) is 0 Å². The van der Waals surface area contributed by atoms with E-state index in [2.05, 4.69) is 44.8 Å². The first-order valence-electron chi connectivity index (χ1n) is 8.02. The number of likely N-dealkylation sites (tertiary alicyclic amines) is 1. The molecule has 2 nitrogen and oxygen atoms in total. The smallest absolute Gasteiger partial charge is 0.0117 e. The maximum atomic E-state index is 3.63. The molecule has 0 radical (unpaired) electrons. The van der Waals surface area contributed by atoms with Gasteiger partial charge in [-0.1, -0.05) is 40.5 Å². The normalized spacial score (nSPS) is 27.7. The summed E-state index contributed by atoms with van der Waals surface area (Å²) in [6.07, 6.45) is 5.47. The van der Waals surface area contributed by atoms with Crippen LogP contribution in [-0.4, -0.2) is 36.6 Å². The van der Waals surface area contributed by atoms with Crippen molar-refractivity contribution >= 4 is 0 Å². The molecule has 0 aromatic carbocycles. The van der Waals surface area contributed by atoms with Gasteiger partial charge in [-0.3, -0.25) is 0 Å². The molecule has 1 rings (SSSR count). The average molecular weight is 254 g/mol. The van der Waals surface area contributed by atoms with E-state index in [0.29, 0.717) is 0 Å². The van der Waals surface area contributed by atoms with Crippen LogP contribution in [-0.2, 0) is 0 Å². The number of nitrogens with zero attached hydrogens (tertiary/aromatic N) is 1. The van der Waals surface area contributed by atoms with Crippen LogP contribution in [0.2, 0.25) is 0 Å². The monoisotopic (exact) mass is 254 g/mol. The molecule has 0 spiro atoms. The molecular weight excluding hydrogens is 220 g/mol. The second-order valence-electron chi connectivity index (χ2n) is 6.60. The summed E-state index contributed by atoms with van der Waals surface area (Å²) in [7, 11) is 0. The maximum absolute atomic E-state index is 3.63. The predicted molar refractivity (Wildman–Crippen MR) is 81.0 cm³/mol. The van der Waals surface area contributed by atoms with Gasteiger partial charge in [0.1, 0.15) is 0 Å². The number of hydrogen-bond acceptors (Lipinski definition) is 2. The second-order valence-corrected chi connectivity index (χ2v) is 6.60. The van der Waals surface area contributed by atoms with Crippen LogP contribution in [0.5, 0.6) is 0 Å². The third kappa shape index (κ3) is 5.27. The van der Waals surface area contributed by atoms with Crippen molar-refractivity contribution in [2.24, 2.45) is 11.8 Å². The van der Waals surface area contributed by atoms with Gasteiger partial charge in [-0.2, -0.15) is 0 Å². The van der Waals surface area contributed by atoms with Crippen LogP contribution < -0.4 is 5.32 Å². The topological polar surface area (TPSA) is 15.3 Å². The van der Waals surface area contributed by atoms with Crippen LogP contribution in [0.4, 0.5) is 0 Å². The Bertz CT molecular complexity index is 215. The van der Waals surface area contributed by atoms with Crippen LogP contribution in [0, 0.1) is 11.8 Å². The minimum atomic E-state index is 0.745. The van der Waals surface area contributed by atoms with Gasteiger partial charge in [0, 0.05) is 18.6 Å². The van der Waals surface area contributed by atoms with Gasteiger partial charge in [-0.15, -0.1) is 0 Å². The molecule has 0 amide bonds. The van der Waals surface area contributed by atoms with Gasteiger partial charge >= 0.3 is 0 Å². The SMILES string of the molecule is CCNC1CCN(C(C)CCCC(C)C)CC1C. The van der Waals surface area contributed by atoms with Crippen molar-refractivity contribution in [1.82, 2.24) is 10.2 Å².